The zero-order chi connectivity index (χ0) is 16.2. The first-order valence-electron chi connectivity index (χ1n) is 7.88. The van der Waals surface area contributed by atoms with Crippen molar-refractivity contribution in [3.05, 3.63) is 70.0 Å². The second kappa shape index (κ2) is 6.92. The molecule has 3 aromatic rings. The van der Waals surface area contributed by atoms with E-state index < -0.39 is 0 Å². The molecular weight excluding hydrogens is 304 g/mol. The van der Waals surface area contributed by atoms with Crippen LogP contribution < -0.4 is 10.5 Å². The van der Waals surface area contributed by atoms with E-state index in [1.165, 1.54) is 11.1 Å². The lowest BCUT2D eigenvalue weighted by molar-refractivity contribution is 0.761. The van der Waals surface area contributed by atoms with E-state index in [2.05, 4.69) is 48.0 Å². The van der Waals surface area contributed by atoms with Crippen LogP contribution in [-0.2, 0) is 6.54 Å². The molecule has 0 N–H and O–H groups in total. The van der Waals surface area contributed by atoms with Crippen molar-refractivity contribution in [1.82, 2.24) is 4.98 Å². The molecule has 0 saturated heterocycles. The number of aromatic nitrogens is 1. The molecule has 0 amide bonds. The van der Waals surface area contributed by atoms with Crippen LogP contribution in [0.4, 0.5) is 5.13 Å². The van der Waals surface area contributed by atoms with Crippen molar-refractivity contribution in [1.29, 1.82) is 0 Å². The first-order valence-corrected chi connectivity index (χ1v) is 8.69. The predicted molar refractivity (Wildman–Crippen MR) is 98.4 cm³/mol. The quantitative estimate of drug-likeness (QED) is 0.698. The number of nitrogens with zero attached hydrogens (tertiary/aromatic N) is 2. The van der Waals surface area contributed by atoms with Crippen molar-refractivity contribution in [2.45, 2.75) is 26.8 Å². The van der Waals surface area contributed by atoms with Gasteiger partial charge < -0.3 is 4.90 Å². The van der Waals surface area contributed by atoms with E-state index in [0.717, 1.165) is 29.3 Å². The number of benzene rings is 2. The summed E-state index contributed by atoms with van der Waals surface area (Å²) in [6, 6.07) is 16.2. The maximum absolute atomic E-state index is 12.3. The fourth-order valence-electron chi connectivity index (χ4n) is 2.68. The molecule has 1 aromatic heterocycles. The van der Waals surface area contributed by atoms with Gasteiger partial charge in [-0.1, -0.05) is 60.2 Å². The van der Waals surface area contributed by atoms with Crippen molar-refractivity contribution >= 4 is 26.6 Å². The topological polar surface area (TPSA) is 33.2 Å². The van der Waals surface area contributed by atoms with E-state index >= 15 is 0 Å². The van der Waals surface area contributed by atoms with Gasteiger partial charge in [0.05, 0.1) is 5.39 Å². The van der Waals surface area contributed by atoms with Crippen LogP contribution in [0.2, 0.25) is 0 Å². The molecule has 0 atom stereocenters. The van der Waals surface area contributed by atoms with Gasteiger partial charge in [-0.25, -0.2) is 0 Å². The average Bonchev–Trinajstić information content (AvgIpc) is 2.54. The van der Waals surface area contributed by atoms with E-state index in [0.29, 0.717) is 5.39 Å². The molecule has 0 radical (unpaired) electrons. The zero-order valence-corrected chi connectivity index (χ0v) is 14.3. The number of anilines is 1. The molecule has 3 rings (SSSR count). The van der Waals surface area contributed by atoms with Crippen LogP contribution in [-0.4, -0.2) is 11.5 Å². The van der Waals surface area contributed by atoms with E-state index in [-0.39, 0.29) is 5.56 Å². The minimum absolute atomic E-state index is 0.139. The molecule has 0 aliphatic rings. The van der Waals surface area contributed by atoms with Gasteiger partial charge >= 0.3 is 0 Å². The fourth-order valence-corrected chi connectivity index (χ4v) is 3.70. The van der Waals surface area contributed by atoms with Crippen LogP contribution in [0.25, 0.3) is 10.1 Å². The summed E-state index contributed by atoms with van der Waals surface area (Å²) in [5.74, 6) is 0. The third-order valence-corrected chi connectivity index (χ3v) is 4.84. The molecule has 0 unspecified atom stereocenters. The predicted octanol–water partition coefficient (Wildman–Crippen LogP) is 4.38. The van der Waals surface area contributed by atoms with Crippen molar-refractivity contribution in [2.75, 3.05) is 11.4 Å². The number of aryl methyl sites for hydroxylation is 1. The van der Waals surface area contributed by atoms with Crippen molar-refractivity contribution < 1.29 is 0 Å². The van der Waals surface area contributed by atoms with E-state index in [9.17, 15) is 4.79 Å². The molecule has 0 fully saturated rings. The molecule has 2 aromatic carbocycles. The normalized spacial score (nSPS) is 10.9. The molecule has 1 heterocycles. The molecular formula is C19H20N2OS. The highest BCUT2D eigenvalue weighted by atomic mass is 32.1. The maximum atomic E-state index is 12.3. The largest absolute Gasteiger partial charge is 0.344 e. The fraction of sp³-hybridized carbons (Fsp3) is 0.263. The Kier molecular flexibility index (Phi) is 4.72. The SMILES string of the molecule is CCCN(Cc1cccc(C)c1)c1nc(=O)c2ccccc2s1. The Morgan fingerprint density at radius 2 is 1.96 bits per heavy atom. The van der Waals surface area contributed by atoms with Crippen LogP contribution in [0.15, 0.2) is 53.3 Å². The van der Waals surface area contributed by atoms with Crippen LogP contribution in [0.3, 0.4) is 0 Å². The standard InChI is InChI=1S/C19H20N2OS/c1-3-11-21(13-15-8-6-7-14(2)12-15)19-20-18(22)16-9-4-5-10-17(16)23-19/h4-10,12H,3,11,13H2,1-2H3. The summed E-state index contributed by atoms with van der Waals surface area (Å²) in [7, 11) is 0. The van der Waals surface area contributed by atoms with Gasteiger partial charge in [-0.15, -0.1) is 0 Å². The third kappa shape index (κ3) is 3.59. The Bertz CT molecular complexity index is 872. The Hall–Kier alpha value is -2.20. The van der Waals surface area contributed by atoms with Gasteiger partial charge in [-0.2, -0.15) is 4.98 Å². The molecule has 4 heteroatoms. The highest BCUT2D eigenvalue weighted by Crippen LogP contribution is 2.25. The number of fused-ring (bicyclic) bond motifs is 1. The second-order valence-corrected chi connectivity index (χ2v) is 6.72. The molecule has 118 valence electrons. The Morgan fingerprint density at radius 1 is 1.13 bits per heavy atom. The molecule has 0 aliphatic carbocycles. The van der Waals surface area contributed by atoms with Gasteiger partial charge in [0.15, 0.2) is 5.13 Å². The number of hydrogen-bond donors (Lipinski definition) is 0. The molecule has 0 bridgehead atoms. The summed E-state index contributed by atoms with van der Waals surface area (Å²) in [4.78, 5) is 18.8. The van der Waals surface area contributed by atoms with Gasteiger partial charge in [0.25, 0.3) is 5.56 Å². The summed E-state index contributed by atoms with van der Waals surface area (Å²) < 4.78 is 0.993. The van der Waals surface area contributed by atoms with Crippen LogP contribution in [0, 0.1) is 6.92 Å². The monoisotopic (exact) mass is 324 g/mol. The van der Waals surface area contributed by atoms with Crippen molar-refractivity contribution in [2.24, 2.45) is 0 Å². The Labute approximate surface area is 140 Å². The Morgan fingerprint density at radius 3 is 2.74 bits per heavy atom. The first-order chi connectivity index (χ1) is 11.2. The van der Waals surface area contributed by atoms with Gasteiger partial charge in [0.2, 0.25) is 0 Å². The van der Waals surface area contributed by atoms with Crippen LogP contribution >= 0.6 is 11.3 Å². The summed E-state index contributed by atoms with van der Waals surface area (Å²) in [6.07, 6.45) is 1.02. The minimum atomic E-state index is -0.139. The van der Waals surface area contributed by atoms with E-state index in [4.69, 9.17) is 0 Å². The lowest BCUT2D eigenvalue weighted by atomic mass is 10.1. The lowest BCUT2D eigenvalue weighted by Gasteiger charge is -2.22. The summed E-state index contributed by atoms with van der Waals surface area (Å²) >= 11 is 1.59. The van der Waals surface area contributed by atoms with Crippen LogP contribution in [0.1, 0.15) is 24.5 Å². The Balaban J connectivity index is 1.99. The molecule has 0 aliphatic heterocycles. The van der Waals surface area contributed by atoms with Gasteiger partial charge in [0, 0.05) is 17.8 Å². The molecule has 3 nitrogen and oxygen atoms in total. The highest BCUT2D eigenvalue weighted by molar-refractivity contribution is 7.21. The smallest absolute Gasteiger partial charge is 0.281 e. The van der Waals surface area contributed by atoms with E-state index in [1.54, 1.807) is 11.3 Å². The zero-order valence-electron chi connectivity index (χ0n) is 13.5. The third-order valence-electron chi connectivity index (χ3n) is 3.74. The van der Waals surface area contributed by atoms with Crippen molar-refractivity contribution in [3.63, 3.8) is 0 Å². The van der Waals surface area contributed by atoms with E-state index in [1.807, 2.05) is 24.3 Å². The highest BCUT2D eigenvalue weighted by Gasteiger charge is 2.12. The van der Waals surface area contributed by atoms with Gasteiger partial charge in [-0.3, -0.25) is 4.79 Å². The van der Waals surface area contributed by atoms with Crippen LogP contribution in [0.5, 0.6) is 0 Å². The molecule has 0 spiro atoms. The summed E-state index contributed by atoms with van der Waals surface area (Å²) in [5, 5.41) is 1.50. The summed E-state index contributed by atoms with van der Waals surface area (Å²) in [6.45, 7) is 5.90. The first kappa shape index (κ1) is 15.7. The maximum Gasteiger partial charge on any atom is 0.281 e. The average molecular weight is 324 g/mol. The number of hydrogen-bond acceptors (Lipinski definition) is 4. The molecule has 0 saturated carbocycles. The van der Waals surface area contributed by atoms with Gasteiger partial charge in [0.1, 0.15) is 0 Å². The second-order valence-electron chi connectivity index (χ2n) is 5.71. The molecule has 23 heavy (non-hydrogen) atoms. The minimum Gasteiger partial charge on any atom is -0.344 e. The lowest BCUT2D eigenvalue weighted by Crippen LogP contribution is -2.25. The number of rotatable bonds is 5. The van der Waals surface area contributed by atoms with Gasteiger partial charge in [-0.05, 0) is 31.0 Å². The van der Waals surface area contributed by atoms with Crippen molar-refractivity contribution in [3.8, 4) is 0 Å². The summed E-state index contributed by atoms with van der Waals surface area (Å²) in [5.41, 5.74) is 2.35.